The topological polar surface area (TPSA) is 63.3 Å². The molecule has 1 N–H and O–H groups in total. The summed E-state index contributed by atoms with van der Waals surface area (Å²) < 4.78 is 5.58. The SMILES string of the molecule is Cc1cc(C)c(-c2nc(C(C)(C)C)c(C(=O)O)o2)c(C)c1. The molecule has 2 rings (SSSR count). The molecule has 21 heavy (non-hydrogen) atoms. The molecule has 0 aliphatic rings. The van der Waals surface area contributed by atoms with Gasteiger partial charge in [-0.25, -0.2) is 9.78 Å². The van der Waals surface area contributed by atoms with E-state index in [2.05, 4.69) is 4.98 Å². The summed E-state index contributed by atoms with van der Waals surface area (Å²) in [5.74, 6) is -0.773. The van der Waals surface area contributed by atoms with Crippen LogP contribution in [0.25, 0.3) is 11.5 Å². The molecule has 1 aromatic heterocycles. The highest BCUT2D eigenvalue weighted by Crippen LogP contribution is 2.33. The average molecular weight is 287 g/mol. The van der Waals surface area contributed by atoms with Crippen molar-refractivity contribution in [2.24, 2.45) is 0 Å². The Kier molecular flexibility index (Phi) is 3.66. The highest BCUT2D eigenvalue weighted by atomic mass is 16.4. The Balaban J connectivity index is 2.70. The fourth-order valence-electron chi connectivity index (χ4n) is 2.60. The minimum Gasteiger partial charge on any atom is -0.475 e. The monoisotopic (exact) mass is 287 g/mol. The highest BCUT2D eigenvalue weighted by molar-refractivity contribution is 5.86. The van der Waals surface area contributed by atoms with E-state index in [0.717, 1.165) is 22.3 Å². The molecule has 0 bridgehead atoms. The summed E-state index contributed by atoms with van der Waals surface area (Å²) in [7, 11) is 0. The third-order valence-electron chi connectivity index (χ3n) is 3.42. The molecule has 0 aliphatic carbocycles. The Morgan fingerprint density at radius 3 is 2.05 bits per heavy atom. The van der Waals surface area contributed by atoms with E-state index in [0.29, 0.717) is 11.6 Å². The molecule has 0 atom stereocenters. The minimum absolute atomic E-state index is 0.0723. The van der Waals surface area contributed by atoms with Crippen LogP contribution in [0.15, 0.2) is 16.5 Å². The van der Waals surface area contributed by atoms with Crippen molar-refractivity contribution in [3.05, 3.63) is 40.3 Å². The molecule has 1 heterocycles. The third kappa shape index (κ3) is 2.84. The number of hydrogen-bond acceptors (Lipinski definition) is 3. The molecule has 0 spiro atoms. The molecule has 4 heteroatoms. The second kappa shape index (κ2) is 5.02. The van der Waals surface area contributed by atoms with Crippen molar-refractivity contribution in [2.45, 2.75) is 47.0 Å². The lowest BCUT2D eigenvalue weighted by Gasteiger charge is -2.14. The summed E-state index contributed by atoms with van der Waals surface area (Å²) in [6.45, 7) is 11.8. The van der Waals surface area contributed by atoms with Gasteiger partial charge in [0.25, 0.3) is 0 Å². The van der Waals surface area contributed by atoms with Crippen LogP contribution < -0.4 is 0 Å². The second-order valence-electron chi connectivity index (χ2n) is 6.53. The first-order valence-corrected chi connectivity index (χ1v) is 6.94. The number of aromatic nitrogens is 1. The number of nitrogens with zero attached hydrogens (tertiary/aromatic N) is 1. The van der Waals surface area contributed by atoms with E-state index in [1.54, 1.807) is 0 Å². The third-order valence-corrected chi connectivity index (χ3v) is 3.42. The van der Waals surface area contributed by atoms with Crippen molar-refractivity contribution in [3.63, 3.8) is 0 Å². The molecular formula is C17H21NO3. The minimum atomic E-state index is -1.08. The van der Waals surface area contributed by atoms with Crippen molar-refractivity contribution in [3.8, 4) is 11.5 Å². The van der Waals surface area contributed by atoms with Crippen LogP contribution in [0.2, 0.25) is 0 Å². The predicted octanol–water partition coefficient (Wildman–Crippen LogP) is 4.26. The molecule has 0 saturated carbocycles. The van der Waals surface area contributed by atoms with Gasteiger partial charge in [-0.05, 0) is 31.9 Å². The summed E-state index contributed by atoms with van der Waals surface area (Å²) in [5, 5.41) is 9.34. The van der Waals surface area contributed by atoms with Gasteiger partial charge < -0.3 is 9.52 Å². The van der Waals surface area contributed by atoms with Crippen LogP contribution in [0, 0.1) is 20.8 Å². The lowest BCUT2D eigenvalue weighted by atomic mass is 9.91. The van der Waals surface area contributed by atoms with Crippen LogP contribution in [0.3, 0.4) is 0 Å². The van der Waals surface area contributed by atoms with Gasteiger partial charge in [0.2, 0.25) is 11.7 Å². The van der Waals surface area contributed by atoms with Crippen LogP contribution in [-0.4, -0.2) is 16.1 Å². The van der Waals surface area contributed by atoms with Gasteiger partial charge in [-0.2, -0.15) is 0 Å². The molecule has 0 amide bonds. The maximum atomic E-state index is 11.4. The number of carbonyl (C=O) groups is 1. The van der Waals surface area contributed by atoms with Crippen LogP contribution in [0.4, 0.5) is 0 Å². The Labute approximate surface area is 124 Å². The Hall–Kier alpha value is -2.10. The molecule has 2 aromatic rings. The quantitative estimate of drug-likeness (QED) is 0.896. The second-order valence-corrected chi connectivity index (χ2v) is 6.53. The first-order valence-electron chi connectivity index (χ1n) is 6.94. The molecule has 0 radical (unpaired) electrons. The number of carboxylic acid groups (broad SMARTS) is 1. The van der Waals surface area contributed by atoms with Crippen LogP contribution in [0.5, 0.6) is 0 Å². The summed E-state index contributed by atoms with van der Waals surface area (Å²) in [4.78, 5) is 15.9. The maximum absolute atomic E-state index is 11.4. The number of oxazole rings is 1. The van der Waals surface area contributed by atoms with E-state index < -0.39 is 5.97 Å². The summed E-state index contributed by atoms with van der Waals surface area (Å²) in [6, 6.07) is 4.09. The zero-order valence-electron chi connectivity index (χ0n) is 13.4. The zero-order valence-corrected chi connectivity index (χ0v) is 13.4. The lowest BCUT2D eigenvalue weighted by Crippen LogP contribution is -2.16. The van der Waals surface area contributed by atoms with E-state index in [1.807, 2.05) is 53.7 Å². The summed E-state index contributed by atoms with van der Waals surface area (Å²) >= 11 is 0. The predicted molar refractivity (Wildman–Crippen MR) is 81.8 cm³/mol. The Morgan fingerprint density at radius 1 is 1.14 bits per heavy atom. The van der Waals surface area contributed by atoms with Crippen molar-refractivity contribution in [1.29, 1.82) is 0 Å². The Bertz CT molecular complexity index is 682. The average Bonchev–Trinajstić information content (AvgIpc) is 2.71. The van der Waals surface area contributed by atoms with Gasteiger partial charge in [-0.1, -0.05) is 38.5 Å². The van der Waals surface area contributed by atoms with Gasteiger partial charge in [-0.15, -0.1) is 0 Å². The number of carboxylic acids is 1. The molecule has 4 nitrogen and oxygen atoms in total. The van der Waals surface area contributed by atoms with Gasteiger partial charge in [0.05, 0.1) is 0 Å². The number of rotatable bonds is 2. The van der Waals surface area contributed by atoms with E-state index in [1.165, 1.54) is 0 Å². The normalized spacial score (nSPS) is 11.7. The zero-order chi connectivity index (χ0) is 15.9. The van der Waals surface area contributed by atoms with Crippen molar-refractivity contribution >= 4 is 5.97 Å². The molecule has 1 aromatic carbocycles. The molecule has 112 valence electrons. The Morgan fingerprint density at radius 2 is 1.67 bits per heavy atom. The van der Waals surface area contributed by atoms with Gasteiger partial charge in [0.15, 0.2) is 0 Å². The largest absolute Gasteiger partial charge is 0.475 e. The van der Waals surface area contributed by atoms with E-state index >= 15 is 0 Å². The van der Waals surface area contributed by atoms with E-state index in [4.69, 9.17) is 4.42 Å². The molecule has 0 unspecified atom stereocenters. The van der Waals surface area contributed by atoms with Gasteiger partial charge in [-0.3, -0.25) is 0 Å². The fourth-order valence-corrected chi connectivity index (χ4v) is 2.60. The smallest absolute Gasteiger partial charge is 0.373 e. The number of benzene rings is 1. The molecule has 0 aliphatic heterocycles. The van der Waals surface area contributed by atoms with Crippen LogP contribution in [0.1, 0.15) is 53.7 Å². The number of aromatic carboxylic acids is 1. The van der Waals surface area contributed by atoms with Gasteiger partial charge in [0, 0.05) is 11.0 Å². The first kappa shape index (κ1) is 15.3. The van der Waals surface area contributed by atoms with Crippen LogP contribution >= 0.6 is 0 Å². The van der Waals surface area contributed by atoms with E-state index in [9.17, 15) is 9.90 Å². The highest BCUT2D eigenvalue weighted by Gasteiger charge is 2.29. The maximum Gasteiger partial charge on any atom is 0.373 e. The number of aryl methyl sites for hydroxylation is 3. The lowest BCUT2D eigenvalue weighted by molar-refractivity contribution is 0.0659. The first-order chi connectivity index (χ1) is 9.61. The van der Waals surface area contributed by atoms with Crippen LogP contribution in [-0.2, 0) is 5.41 Å². The molecular weight excluding hydrogens is 266 g/mol. The van der Waals surface area contributed by atoms with Crippen molar-refractivity contribution < 1.29 is 14.3 Å². The summed E-state index contributed by atoms with van der Waals surface area (Å²) in [6.07, 6.45) is 0. The molecule has 0 saturated heterocycles. The van der Waals surface area contributed by atoms with E-state index in [-0.39, 0.29) is 11.2 Å². The fraction of sp³-hybridized carbons (Fsp3) is 0.412. The van der Waals surface area contributed by atoms with Crippen molar-refractivity contribution in [1.82, 2.24) is 4.98 Å². The number of hydrogen-bond donors (Lipinski definition) is 1. The standard InChI is InChI=1S/C17H21NO3/c1-9-7-10(2)12(11(3)8-9)15-18-14(17(4,5)6)13(21-15)16(19)20/h7-8H,1-6H3,(H,19,20). The van der Waals surface area contributed by atoms with Gasteiger partial charge >= 0.3 is 5.97 Å². The van der Waals surface area contributed by atoms with Gasteiger partial charge in [0.1, 0.15) is 5.69 Å². The molecule has 0 fully saturated rings. The van der Waals surface area contributed by atoms with Crippen molar-refractivity contribution in [2.75, 3.05) is 0 Å². The summed E-state index contributed by atoms with van der Waals surface area (Å²) in [5.41, 5.74) is 4.19.